The summed E-state index contributed by atoms with van der Waals surface area (Å²) in [5.41, 5.74) is 10.3. The third kappa shape index (κ3) is 6.07. The maximum atomic E-state index is 5.25. The lowest BCUT2D eigenvalue weighted by Crippen LogP contribution is -2.01. The van der Waals surface area contributed by atoms with Crippen LogP contribution in [0.5, 0.6) is 0 Å². The zero-order chi connectivity index (χ0) is 42.8. The van der Waals surface area contributed by atoms with Crippen LogP contribution in [0, 0.1) is 0 Å². The molecule has 0 N–H and O–H groups in total. The fourth-order valence-corrected chi connectivity index (χ4v) is 11.3. The molecule has 4 heteroatoms. The highest BCUT2D eigenvalue weighted by Gasteiger charge is 2.23. The molecule has 13 aromatic rings. The molecule has 0 bridgehead atoms. The number of thiophene rings is 1. The van der Waals surface area contributed by atoms with E-state index in [1.54, 1.807) is 0 Å². The maximum absolute atomic E-state index is 5.25. The molecule has 3 nitrogen and oxygen atoms in total. The minimum absolute atomic E-state index is 0.647. The van der Waals surface area contributed by atoms with E-state index < -0.39 is 0 Å². The fourth-order valence-electron chi connectivity index (χ4n) is 10.1. The molecule has 11 aromatic carbocycles. The molecule has 0 atom stereocenters. The van der Waals surface area contributed by atoms with Crippen LogP contribution in [0.15, 0.2) is 224 Å². The first-order valence-corrected chi connectivity index (χ1v) is 22.8. The molecule has 0 aliphatic rings. The van der Waals surface area contributed by atoms with Gasteiger partial charge in [0.25, 0.3) is 0 Å². The smallest absolute Gasteiger partial charge is 0.165 e. The summed E-state index contributed by atoms with van der Waals surface area (Å²) in [5.74, 6) is 1.95. The second-order valence-corrected chi connectivity index (χ2v) is 17.6. The predicted octanol–water partition coefficient (Wildman–Crippen LogP) is 16.9. The predicted molar refractivity (Wildman–Crippen MR) is 275 cm³/mol. The highest BCUT2D eigenvalue weighted by molar-refractivity contribution is 7.26. The average molecular weight is 844 g/mol. The molecule has 0 radical (unpaired) electrons. The summed E-state index contributed by atoms with van der Waals surface area (Å²) in [7, 11) is 0. The molecular formula is C61H37N3S. The SMILES string of the molecule is c1ccc(-c2nc(-c3ccccc3)nc(-c3c4ccccc4c(-c4cccc5c4sc4cc(-c6c7ccccc7c(-c7ccccc7)c7ccccc67)ccc45)c4ccccc34)n2)cc1. The molecule has 13 rings (SSSR count). The van der Waals surface area contributed by atoms with Gasteiger partial charge in [-0.2, -0.15) is 0 Å². The number of benzene rings is 11. The lowest BCUT2D eigenvalue weighted by Gasteiger charge is -2.18. The minimum Gasteiger partial charge on any atom is -0.208 e. The summed E-state index contributed by atoms with van der Waals surface area (Å²) in [6, 6.07) is 80.5. The van der Waals surface area contributed by atoms with Crippen LogP contribution in [0.2, 0.25) is 0 Å². The van der Waals surface area contributed by atoms with E-state index in [1.807, 2.05) is 47.7 Å². The van der Waals surface area contributed by atoms with Gasteiger partial charge in [0.1, 0.15) is 0 Å². The molecule has 2 aromatic heterocycles. The third-order valence-electron chi connectivity index (χ3n) is 12.9. The van der Waals surface area contributed by atoms with Gasteiger partial charge in [-0.1, -0.05) is 218 Å². The van der Waals surface area contributed by atoms with Crippen LogP contribution >= 0.6 is 11.3 Å². The lowest BCUT2D eigenvalue weighted by molar-refractivity contribution is 1.08. The largest absolute Gasteiger partial charge is 0.208 e. The van der Waals surface area contributed by atoms with E-state index in [2.05, 4.69) is 188 Å². The molecule has 0 spiro atoms. The molecule has 65 heavy (non-hydrogen) atoms. The van der Waals surface area contributed by atoms with E-state index in [0.29, 0.717) is 17.5 Å². The van der Waals surface area contributed by atoms with Gasteiger partial charge in [-0.05, 0) is 77.0 Å². The monoisotopic (exact) mass is 843 g/mol. The quantitative estimate of drug-likeness (QED) is 0.157. The van der Waals surface area contributed by atoms with Gasteiger partial charge in [0.15, 0.2) is 17.5 Å². The van der Waals surface area contributed by atoms with Gasteiger partial charge in [-0.3, -0.25) is 0 Å². The van der Waals surface area contributed by atoms with Gasteiger partial charge in [0.2, 0.25) is 0 Å². The Labute approximate surface area is 379 Å². The fraction of sp³-hybridized carbons (Fsp3) is 0. The van der Waals surface area contributed by atoms with Gasteiger partial charge >= 0.3 is 0 Å². The lowest BCUT2D eigenvalue weighted by atomic mass is 9.86. The van der Waals surface area contributed by atoms with Crippen molar-refractivity contribution < 1.29 is 0 Å². The van der Waals surface area contributed by atoms with Crippen molar-refractivity contribution in [2.24, 2.45) is 0 Å². The van der Waals surface area contributed by atoms with Gasteiger partial charge in [-0.15, -0.1) is 11.3 Å². The third-order valence-corrected chi connectivity index (χ3v) is 14.1. The van der Waals surface area contributed by atoms with E-state index >= 15 is 0 Å². The Morgan fingerprint density at radius 3 is 1.12 bits per heavy atom. The van der Waals surface area contributed by atoms with E-state index in [4.69, 9.17) is 15.0 Å². The van der Waals surface area contributed by atoms with Crippen molar-refractivity contribution in [1.82, 2.24) is 15.0 Å². The topological polar surface area (TPSA) is 38.7 Å². The van der Waals surface area contributed by atoms with Crippen molar-refractivity contribution in [3.8, 4) is 67.5 Å². The Morgan fingerprint density at radius 2 is 0.631 bits per heavy atom. The summed E-state index contributed by atoms with van der Waals surface area (Å²) >= 11 is 1.89. The number of hydrogen-bond donors (Lipinski definition) is 0. The first-order valence-electron chi connectivity index (χ1n) is 22.0. The number of fused-ring (bicyclic) bond motifs is 7. The van der Waals surface area contributed by atoms with Crippen molar-refractivity contribution in [1.29, 1.82) is 0 Å². The molecule has 2 heterocycles. The van der Waals surface area contributed by atoms with Gasteiger partial charge in [0.05, 0.1) is 0 Å². The highest BCUT2D eigenvalue weighted by atomic mass is 32.1. The van der Waals surface area contributed by atoms with Crippen LogP contribution in [0.1, 0.15) is 0 Å². The molecular weight excluding hydrogens is 807 g/mol. The molecule has 0 aliphatic heterocycles. The summed E-state index contributed by atoms with van der Waals surface area (Å²) < 4.78 is 2.54. The Balaban J connectivity index is 1.04. The van der Waals surface area contributed by atoms with Crippen molar-refractivity contribution in [3.05, 3.63) is 224 Å². The summed E-state index contributed by atoms with van der Waals surface area (Å²) in [4.78, 5) is 15.5. The molecule has 0 fully saturated rings. The first kappa shape index (κ1) is 37.3. The Kier molecular flexibility index (Phi) is 8.71. The van der Waals surface area contributed by atoms with Crippen LogP contribution in [0.4, 0.5) is 0 Å². The Morgan fingerprint density at radius 1 is 0.246 bits per heavy atom. The summed E-state index contributed by atoms with van der Waals surface area (Å²) in [6.45, 7) is 0. The second-order valence-electron chi connectivity index (χ2n) is 16.6. The van der Waals surface area contributed by atoms with Gasteiger partial charge in [0, 0.05) is 42.4 Å². The van der Waals surface area contributed by atoms with Crippen molar-refractivity contribution in [2.75, 3.05) is 0 Å². The van der Waals surface area contributed by atoms with Crippen molar-refractivity contribution >= 4 is 74.6 Å². The second kappa shape index (κ2) is 15.2. The summed E-state index contributed by atoms with van der Waals surface area (Å²) in [6.07, 6.45) is 0. The van der Waals surface area contributed by atoms with Crippen LogP contribution in [-0.2, 0) is 0 Å². The van der Waals surface area contributed by atoms with Crippen molar-refractivity contribution in [2.45, 2.75) is 0 Å². The number of rotatable bonds is 6. The molecule has 302 valence electrons. The normalized spacial score (nSPS) is 11.7. The van der Waals surface area contributed by atoms with E-state index in [-0.39, 0.29) is 0 Å². The van der Waals surface area contributed by atoms with Crippen LogP contribution < -0.4 is 0 Å². The van der Waals surface area contributed by atoms with Crippen LogP contribution in [0.25, 0.3) is 131 Å². The first-order chi connectivity index (χ1) is 32.3. The van der Waals surface area contributed by atoms with E-state index in [9.17, 15) is 0 Å². The van der Waals surface area contributed by atoms with Crippen LogP contribution in [0.3, 0.4) is 0 Å². The van der Waals surface area contributed by atoms with Gasteiger partial charge < -0.3 is 0 Å². The number of aromatic nitrogens is 3. The standard InChI is InChI=1S/C61H37N3S/c1-4-19-38(20-5-1)54-43-25-10-12-27-45(43)55(46-28-13-11-26-44(46)54)41-35-36-42-51-33-18-34-52(58(51)65-53(42)37-41)56-47-29-14-16-31-49(47)57(50-32-17-15-30-48(50)56)61-63-59(39-21-6-2-7-22-39)62-60(64-61)40-23-8-3-9-24-40/h1-37H. The van der Waals surface area contributed by atoms with Gasteiger partial charge in [-0.25, -0.2) is 15.0 Å². The summed E-state index contributed by atoms with van der Waals surface area (Å²) in [5, 5.41) is 12.1. The van der Waals surface area contributed by atoms with E-state index in [0.717, 1.165) is 38.2 Å². The molecule has 0 saturated carbocycles. The van der Waals surface area contributed by atoms with E-state index in [1.165, 1.54) is 75.1 Å². The zero-order valence-electron chi connectivity index (χ0n) is 35.1. The average Bonchev–Trinajstić information content (AvgIpc) is 3.76. The van der Waals surface area contributed by atoms with Crippen LogP contribution in [-0.4, -0.2) is 15.0 Å². The Bertz CT molecular complexity index is 3820. The molecule has 0 unspecified atom stereocenters. The number of hydrogen-bond acceptors (Lipinski definition) is 4. The number of nitrogens with zero attached hydrogens (tertiary/aromatic N) is 3. The molecule has 0 amide bonds. The maximum Gasteiger partial charge on any atom is 0.165 e. The molecule has 0 aliphatic carbocycles. The van der Waals surface area contributed by atoms with Crippen molar-refractivity contribution in [3.63, 3.8) is 0 Å². The highest BCUT2D eigenvalue weighted by Crippen LogP contribution is 2.49. The molecule has 0 saturated heterocycles. The minimum atomic E-state index is 0.647. The zero-order valence-corrected chi connectivity index (χ0v) is 35.9. The Hall–Kier alpha value is -8.31.